The Labute approximate surface area is 205 Å². The number of nitriles is 1. The van der Waals surface area contributed by atoms with Crippen molar-refractivity contribution in [2.24, 2.45) is 0 Å². The van der Waals surface area contributed by atoms with Crippen LogP contribution in [0.2, 0.25) is 10.0 Å². The zero-order valence-electron chi connectivity index (χ0n) is 18.0. The highest BCUT2D eigenvalue weighted by Crippen LogP contribution is 2.24. The summed E-state index contributed by atoms with van der Waals surface area (Å²) in [6.45, 7) is 0.0250. The second-order valence-corrected chi connectivity index (χ2v) is 7.94. The third-order valence-corrected chi connectivity index (χ3v) is 5.08. The highest BCUT2D eigenvalue weighted by atomic mass is 35.5. The number of halogens is 2. The van der Waals surface area contributed by atoms with Crippen molar-refractivity contribution in [3.05, 3.63) is 91.8 Å². The maximum absolute atomic E-state index is 13.2. The number of ether oxygens (including phenoxy) is 2. The van der Waals surface area contributed by atoms with Crippen molar-refractivity contribution in [3.8, 4) is 11.8 Å². The highest BCUT2D eigenvalue weighted by molar-refractivity contribution is 6.35. The molecule has 0 aliphatic rings. The molecule has 2 aromatic carbocycles. The van der Waals surface area contributed by atoms with Crippen molar-refractivity contribution >= 4 is 40.6 Å². The highest BCUT2D eigenvalue weighted by Gasteiger charge is 2.18. The minimum atomic E-state index is -0.515. The second kappa shape index (κ2) is 11.5. The predicted octanol–water partition coefficient (Wildman–Crippen LogP) is 3.92. The van der Waals surface area contributed by atoms with E-state index in [-0.39, 0.29) is 42.2 Å². The Bertz CT molecular complexity index is 1310. The van der Waals surface area contributed by atoms with Gasteiger partial charge in [0.05, 0.1) is 12.2 Å². The van der Waals surface area contributed by atoms with Crippen LogP contribution in [0.1, 0.15) is 21.5 Å². The molecule has 174 valence electrons. The molecule has 0 unspecified atom stereocenters. The van der Waals surface area contributed by atoms with E-state index in [0.717, 1.165) is 0 Å². The van der Waals surface area contributed by atoms with E-state index in [4.69, 9.17) is 32.7 Å². The van der Waals surface area contributed by atoms with Gasteiger partial charge < -0.3 is 19.4 Å². The van der Waals surface area contributed by atoms with E-state index in [1.165, 1.54) is 48.2 Å². The van der Waals surface area contributed by atoms with Gasteiger partial charge in [0.2, 0.25) is 0 Å². The van der Waals surface area contributed by atoms with Gasteiger partial charge in [-0.3, -0.25) is 14.4 Å². The van der Waals surface area contributed by atoms with E-state index < -0.39 is 17.2 Å². The first kappa shape index (κ1) is 25.0. The molecule has 0 bridgehead atoms. The van der Waals surface area contributed by atoms with Crippen LogP contribution >= 0.6 is 23.2 Å². The number of anilines is 1. The Morgan fingerprint density at radius 1 is 1.12 bits per heavy atom. The van der Waals surface area contributed by atoms with Gasteiger partial charge in [0.1, 0.15) is 17.4 Å². The van der Waals surface area contributed by atoms with Gasteiger partial charge in [-0.25, -0.2) is 0 Å². The number of carbonyl (C=O) groups excluding carboxylic acids is 2. The van der Waals surface area contributed by atoms with Gasteiger partial charge in [0, 0.05) is 41.1 Å². The molecule has 0 aliphatic heterocycles. The van der Waals surface area contributed by atoms with Crippen LogP contribution in [0.5, 0.6) is 5.75 Å². The van der Waals surface area contributed by atoms with Crippen molar-refractivity contribution in [2.45, 2.75) is 6.54 Å². The molecule has 0 saturated heterocycles. The quantitative estimate of drug-likeness (QED) is 0.446. The molecular weight excluding hydrogens is 481 g/mol. The molecular formula is C24H19Cl2N3O5. The maximum Gasteiger partial charge on any atom is 0.268 e. The minimum absolute atomic E-state index is 0.126. The number of nitrogens with one attached hydrogen (secondary N) is 1. The SMILES string of the molecule is COCCn1cc(C(=O)c2ccccc2OCC(=O)Nc2cc(Cl)cc(Cl)c2)cc(C#N)c1=O. The van der Waals surface area contributed by atoms with Crippen LogP contribution in [0.15, 0.2) is 59.5 Å². The molecule has 1 N–H and O–H groups in total. The molecule has 1 amide bonds. The van der Waals surface area contributed by atoms with Crippen LogP contribution in [0, 0.1) is 11.3 Å². The topological polar surface area (TPSA) is 110 Å². The summed E-state index contributed by atoms with van der Waals surface area (Å²) < 4.78 is 11.8. The first-order valence-corrected chi connectivity index (χ1v) is 10.7. The molecule has 1 aromatic heterocycles. The van der Waals surface area contributed by atoms with Gasteiger partial charge in [-0.2, -0.15) is 5.26 Å². The summed E-state index contributed by atoms with van der Waals surface area (Å²) in [4.78, 5) is 37.9. The van der Waals surface area contributed by atoms with Crippen LogP contribution in [-0.4, -0.2) is 36.6 Å². The number of benzene rings is 2. The van der Waals surface area contributed by atoms with E-state index in [1.807, 2.05) is 6.07 Å². The lowest BCUT2D eigenvalue weighted by Crippen LogP contribution is -2.26. The molecule has 0 radical (unpaired) electrons. The average molecular weight is 500 g/mol. The average Bonchev–Trinajstić information content (AvgIpc) is 2.81. The number of hydrogen-bond donors (Lipinski definition) is 1. The summed E-state index contributed by atoms with van der Waals surface area (Å²) in [7, 11) is 1.48. The normalized spacial score (nSPS) is 10.4. The van der Waals surface area contributed by atoms with Gasteiger partial charge in [-0.1, -0.05) is 35.3 Å². The van der Waals surface area contributed by atoms with Crippen molar-refractivity contribution in [1.82, 2.24) is 4.57 Å². The molecule has 0 fully saturated rings. The number of pyridine rings is 1. The number of carbonyl (C=O) groups is 2. The smallest absolute Gasteiger partial charge is 0.268 e. The van der Waals surface area contributed by atoms with Crippen molar-refractivity contribution in [3.63, 3.8) is 0 Å². The Morgan fingerprint density at radius 3 is 2.50 bits per heavy atom. The molecule has 34 heavy (non-hydrogen) atoms. The number of amides is 1. The predicted molar refractivity (Wildman–Crippen MR) is 128 cm³/mol. The van der Waals surface area contributed by atoms with Crippen molar-refractivity contribution < 1.29 is 19.1 Å². The lowest BCUT2D eigenvalue weighted by Gasteiger charge is -2.13. The largest absolute Gasteiger partial charge is 0.483 e. The van der Waals surface area contributed by atoms with Gasteiger partial charge >= 0.3 is 0 Å². The van der Waals surface area contributed by atoms with Gasteiger partial charge in [0.15, 0.2) is 12.4 Å². The molecule has 1 heterocycles. The van der Waals surface area contributed by atoms with E-state index in [1.54, 1.807) is 18.2 Å². The fourth-order valence-electron chi connectivity index (χ4n) is 3.10. The standard InChI is InChI=1S/C24H19Cl2N3O5/c1-33-7-6-29-13-16(8-15(12-27)24(29)32)23(31)20-4-2-3-5-21(20)34-14-22(30)28-19-10-17(25)9-18(26)11-19/h2-5,8-11,13H,6-7,14H2,1H3,(H,28,30). The lowest BCUT2D eigenvalue weighted by molar-refractivity contribution is -0.118. The summed E-state index contributed by atoms with van der Waals surface area (Å²) in [6.07, 6.45) is 1.37. The van der Waals surface area contributed by atoms with Gasteiger partial charge in [-0.15, -0.1) is 0 Å². The maximum atomic E-state index is 13.2. The number of methoxy groups -OCH3 is 1. The lowest BCUT2D eigenvalue weighted by atomic mass is 10.0. The third-order valence-electron chi connectivity index (χ3n) is 4.64. The van der Waals surface area contributed by atoms with Crippen LogP contribution in [-0.2, 0) is 16.1 Å². The molecule has 0 saturated carbocycles. The third kappa shape index (κ3) is 6.23. The van der Waals surface area contributed by atoms with Crippen LogP contribution < -0.4 is 15.6 Å². The number of para-hydroxylation sites is 1. The van der Waals surface area contributed by atoms with Crippen LogP contribution in [0.25, 0.3) is 0 Å². The summed E-state index contributed by atoms with van der Waals surface area (Å²) in [6, 6.07) is 14.0. The molecule has 0 aliphatic carbocycles. The zero-order chi connectivity index (χ0) is 24.7. The number of aromatic nitrogens is 1. The monoisotopic (exact) mass is 499 g/mol. The van der Waals surface area contributed by atoms with Crippen LogP contribution in [0.4, 0.5) is 5.69 Å². The molecule has 3 rings (SSSR count). The summed E-state index contributed by atoms with van der Waals surface area (Å²) in [5.74, 6) is -0.791. The number of rotatable bonds is 9. The Hall–Kier alpha value is -3.64. The fourth-order valence-corrected chi connectivity index (χ4v) is 3.62. The van der Waals surface area contributed by atoms with E-state index in [2.05, 4.69) is 5.32 Å². The number of nitrogens with zero attached hydrogens (tertiary/aromatic N) is 2. The fraction of sp³-hybridized carbons (Fsp3) is 0.167. The van der Waals surface area contributed by atoms with Gasteiger partial charge in [-0.05, 0) is 36.4 Å². The van der Waals surface area contributed by atoms with E-state index in [9.17, 15) is 19.6 Å². The summed E-state index contributed by atoms with van der Waals surface area (Å²) in [5, 5.41) is 12.7. The van der Waals surface area contributed by atoms with Gasteiger partial charge in [0.25, 0.3) is 11.5 Å². The number of ketones is 1. The Balaban J connectivity index is 1.81. The Morgan fingerprint density at radius 2 is 1.82 bits per heavy atom. The summed E-state index contributed by atoms with van der Waals surface area (Å²) in [5.41, 5.74) is 0.0133. The molecule has 10 heteroatoms. The number of hydrogen-bond acceptors (Lipinski definition) is 6. The molecule has 8 nitrogen and oxygen atoms in total. The molecule has 3 aromatic rings. The molecule has 0 spiro atoms. The van der Waals surface area contributed by atoms with E-state index in [0.29, 0.717) is 15.7 Å². The van der Waals surface area contributed by atoms with E-state index >= 15 is 0 Å². The minimum Gasteiger partial charge on any atom is -0.483 e. The Kier molecular flexibility index (Phi) is 8.44. The first-order chi connectivity index (χ1) is 16.3. The second-order valence-electron chi connectivity index (χ2n) is 7.07. The first-order valence-electron chi connectivity index (χ1n) is 9.98. The van der Waals surface area contributed by atoms with Crippen molar-refractivity contribution in [1.29, 1.82) is 5.26 Å². The summed E-state index contributed by atoms with van der Waals surface area (Å²) >= 11 is 11.9. The van der Waals surface area contributed by atoms with Crippen molar-refractivity contribution in [2.75, 3.05) is 25.6 Å². The molecule has 0 atom stereocenters. The zero-order valence-corrected chi connectivity index (χ0v) is 19.5. The van der Waals surface area contributed by atoms with Crippen LogP contribution in [0.3, 0.4) is 0 Å².